The molecule has 4 rings (SSSR count). The van der Waals surface area contributed by atoms with Crippen molar-refractivity contribution in [3.05, 3.63) is 47.6 Å². The number of aromatic nitrogens is 3. The van der Waals surface area contributed by atoms with Crippen LogP contribution >= 0.6 is 11.3 Å². The molecule has 1 aliphatic heterocycles. The van der Waals surface area contributed by atoms with E-state index in [0.29, 0.717) is 0 Å². The summed E-state index contributed by atoms with van der Waals surface area (Å²) in [6.07, 6.45) is 3.00. The first-order valence-electron chi connectivity index (χ1n) is 7.89. The number of carbonyl (C=O) groups is 1. The van der Waals surface area contributed by atoms with Gasteiger partial charge >= 0.3 is 0 Å². The molecule has 122 valence electrons. The molecular formula is C17H17N5OS. The van der Waals surface area contributed by atoms with E-state index < -0.39 is 0 Å². The van der Waals surface area contributed by atoms with Crippen LogP contribution in [0.2, 0.25) is 0 Å². The molecule has 0 saturated carbocycles. The smallest absolute Gasteiger partial charge is 0.230 e. The highest BCUT2D eigenvalue weighted by molar-refractivity contribution is 7.13. The molecule has 2 aromatic heterocycles. The van der Waals surface area contributed by atoms with E-state index in [1.807, 2.05) is 40.4 Å². The number of hydrogen-bond donors (Lipinski definition) is 2. The highest BCUT2D eigenvalue weighted by atomic mass is 32.1. The largest absolute Gasteiger partial charge is 0.368 e. The first kappa shape index (κ1) is 14.9. The number of nitrogens with one attached hydrogen (secondary N) is 2. The highest BCUT2D eigenvalue weighted by Crippen LogP contribution is 2.25. The zero-order valence-corrected chi connectivity index (χ0v) is 13.8. The lowest BCUT2D eigenvalue weighted by molar-refractivity contribution is -0.115. The van der Waals surface area contributed by atoms with E-state index >= 15 is 0 Å². The van der Waals surface area contributed by atoms with E-state index in [2.05, 4.69) is 20.7 Å². The summed E-state index contributed by atoms with van der Waals surface area (Å²) in [5.41, 5.74) is 2.59. The van der Waals surface area contributed by atoms with Gasteiger partial charge in [0.2, 0.25) is 5.91 Å². The molecule has 0 radical (unpaired) electrons. The third-order valence-electron chi connectivity index (χ3n) is 3.87. The molecule has 6 nitrogen and oxygen atoms in total. The van der Waals surface area contributed by atoms with Crippen LogP contribution in [-0.2, 0) is 17.8 Å². The lowest BCUT2D eigenvalue weighted by Crippen LogP contribution is -2.20. The van der Waals surface area contributed by atoms with Crippen molar-refractivity contribution in [1.82, 2.24) is 14.8 Å². The lowest BCUT2D eigenvalue weighted by Gasteiger charge is -2.16. The fourth-order valence-electron chi connectivity index (χ4n) is 2.73. The standard InChI is InChI=1S/C17H17N5OS/c23-15(21-14-10-19-22-8-4-7-18-16(14)22)9-13-11-24-17(20-13)12-5-2-1-3-6-12/h1-3,5-6,10-11,18H,4,7-9H2,(H,21,23). The van der Waals surface area contributed by atoms with Gasteiger partial charge in [0.05, 0.1) is 18.3 Å². The Balaban J connectivity index is 1.43. The van der Waals surface area contributed by atoms with Gasteiger partial charge < -0.3 is 10.6 Å². The molecule has 3 heterocycles. The Hall–Kier alpha value is -2.67. The summed E-state index contributed by atoms with van der Waals surface area (Å²) < 4.78 is 1.88. The number of nitrogens with zero attached hydrogens (tertiary/aromatic N) is 3. The van der Waals surface area contributed by atoms with E-state index in [1.165, 1.54) is 0 Å². The number of aryl methyl sites for hydroxylation is 1. The SMILES string of the molecule is O=C(Cc1csc(-c2ccccc2)n1)Nc1cnn2c1NCCC2. The lowest BCUT2D eigenvalue weighted by atomic mass is 10.2. The summed E-state index contributed by atoms with van der Waals surface area (Å²) >= 11 is 1.56. The number of anilines is 2. The first-order chi connectivity index (χ1) is 11.8. The van der Waals surface area contributed by atoms with Crippen molar-refractivity contribution in [3.8, 4) is 10.6 Å². The summed E-state index contributed by atoms with van der Waals surface area (Å²) in [6.45, 7) is 1.78. The van der Waals surface area contributed by atoms with Gasteiger partial charge in [-0.25, -0.2) is 9.67 Å². The first-order valence-corrected chi connectivity index (χ1v) is 8.77. The average molecular weight is 339 g/mol. The quantitative estimate of drug-likeness (QED) is 0.766. The van der Waals surface area contributed by atoms with Gasteiger partial charge in [0.25, 0.3) is 0 Å². The highest BCUT2D eigenvalue weighted by Gasteiger charge is 2.16. The Morgan fingerprint density at radius 1 is 1.33 bits per heavy atom. The number of amides is 1. The Kier molecular flexibility index (Phi) is 4.00. The zero-order valence-electron chi connectivity index (χ0n) is 13.0. The van der Waals surface area contributed by atoms with Crippen molar-refractivity contribution in [2.24, 2.45) is 0 Å². The second-order valence-corrected chi connectivity index (χ2v) is 6.50. The van der Waals surface area contributed by atoms with Crippen LogP contribution in [0.1, 0.15) is 12.1 Å². The van der Waals surface area contributed by atoms with Gasteiger partial charge in [0.1, 0.15) is 16.5 Å². The maximum absolute atomic E-state index is 12.3. The van der Waals surface area contributed by atoms with Gasteiger partial charge in [-0.15, -0.1) is 11.3 Å². The van der Waals surface area contributed by atoms with Crippen molar-refractivity contribution in [1.29, 1.82) is 0 Å². The number of fused-ring (bicyclic) bond motifs is 1. The Bertz CT molecular complexity index is 855. The molecule has 0 unspecified atom stereocenters. The van der Waals surface area contributed by atoms with Crippen LogP contribution < -0.4 is 10.6 Å². The summed E-state index contributed by atoms with van der Waals surface area (Å²) in [7, 11) is 0. The van der Waals surface area contributed by atoms with Crippen molar-refractivity contribution < 1.29 is 4.79 Å². The molecule has 0 bridgehead atoms. The third kappa shape index (κ3) is 3.03. The minimum absolute atomic E-state index is 0.0805. The molecular weight excluding hydrogens is 322 g/mol. The third-order valence-corrected chi connectivity index (χ3v) is 4.81. The maximum Gasteiger partial charge on any atom is 0.230 e. The molecule has 0 saturated heterocycles. The molecule has 0 aliphatic carbocycles. The van der Waals surface area contributed by atoms with Crippen LogP contribution in [0.4, 0.5) is 11.5 Å². The molecule has 1 aromatic carbocycles. The summed E-state index contributed by atoms with van der Waals surface area (Å²) in [5.74, 6) is 0.806. The fourth-order valence-corrected chi connectivity index (χ4v) is 3.55. The predicted octanol–water partition coefficient (Wildman–Crippen LogP) is 3.00. The molecule has 0 spiro atoms. The van der Waals surface area contributed by atoms with E-state index in [4.69, 9.17) is 0 Å². The van der Waals surface area contributed by atoms with E-state index in [-0.39, 0.29) is 12.3 Å². The van der Waals surface area contributed by atoms with E-state index in [0.717, 1.165) is 47.3 Å². The van der Waals surface area contributed by atoms with Gasteiger partial charge in [0, 0.05) is 24.0 Å². The maximum atomic E-state index is 12.3. The molecule has 1 amide bonds. The van der Waals surface area contributed by atoms with Gasteiger partial charge in [0.15, 0.2) is 0 Å². The van der Waals surface area contributed by atoms with Crippen molar-refractivity contribution in [3.63, 3.8) is 0 Å². The van der Waals surface area contributed by atoms with Crippen molar-refractivity contribution >= 4 is 28.7 Å². The van der Waals surface area contributed by atoms with Gasteiger partial charge in [-0.3, -0.25) is 4.79 Å². The van der Waals surface area contributed by atoms with E-state index in [9.17, 15) is 4.79 Å². The Morgan fingerprint density at radius 2 is 2.21 bits per heavy atom. The molecule has 0 atom stereocenters. The summed E-state index contributed by atoms with van der Waals surface area (Å²) in [5, 5.41) is 13.4. The molecule has 2 N–H and O–H groups in total. The van der Waals surface area contributed by atoms with E-state index in [1.54, 1.807) is 17.5 Å². The van der Waals surface area contributed by atoms with Gasteiger partial charge in [-0.05, 0) is 6.42 Å². The fraction of sp³-hybridized carbons (Fsp3) is 0.235. The molecule has 3 aromatic rings. The van der Waals surface area contributed by atoms with Crippen molar-refractivity contribution in [2.45, 2.75) is 19.4 Å². The van der Waals surface area contributed by atoms with Crippen LogP contribution in [0.25, 0.3) is 10.6 Å². The minimum atomic E-state index is -0.0805. The normalized spacial score (nSPS) is 13.2. The number of thiazole rings is 1. The van der Waals surface area contributed by atoms with Crippen LogP contribution in [0.3, 0.4) is 0 Å². The summed E-state index contributed by atoms with van der Waals surface area (Å²) in [6, 6.07) is 9.99. The minimum Gasteiger partial charge on any atom is -0.368 e. The second-order valence-electron chi connectivity index (χ2n) is 5.65. The van der Waals surface area contributed by atoms with Gasteiger partial charge in [-0.2, -0.15) is 5.10 Å². The van der Waals surface area contributed by atoms with Crippen molar-refractivity contribution in [2.75, 3.05) is 17.2 Å². The number of carbonyl (C=O) groups excluding carboxylic acids is 1. The molecule has 1 aliphatic rings. The van der Waals surface area contributed by atoms with Crippen LogP contribution in [-0.4, -0.2) is 27.2 Å². The Labute approximate surface area is 143 Å². The monoisotopic (exact) mass is 339 g/mol. The predicted molar refractivity (Wildman–Crippen MR) is 95.2 cm³/mol. The second kappa shape index (κ2) is 6.45. The number of hydrogen-bond acceptors (Lipinski definition) is 5. The number of benzene rings is 1. The molecule has 24 heavy (non-hydrogen) atoms. The molecule has 7 heteroatoms. The summed E-state index contributed by atoms with van der Waals surface area (Å²) in [4.78, 5) is 16.9. The van der Waals surface area contributed by atoms with Crippen LogP contribution in [0, 0.1) is 0 Å². The van der Waals surface area contributed by atoms with Gasteiger partial charge in [-0.1, -0.05) is 30.3 Å². The average Bonchev–Trinajstić information content (AvgIpc) is 3.23. The topological polar surface area (TPSA) is 71.8 Å². The zero-order chi connectivity index (χ0) is 16.4. The Morgan fingerprint density at radius 3 is 3.08 bits per heavy atom. The van der Waals surface area contributed by atoms with Crippen LogP contribution in [0.15, 0.2) is 41.9 Å². The molecule has 0 fully saturated rings. The van der Waals surface area contributed by atoms with Crippen LogP contribution in [0.5, 0.6) is 0 Å². The number of rotatable bonds is 4.